The Morgan fingerprint density at radius 3 is 2.52 bits per heavy atom. The molecule has 6 heteroatoms. The fourth-order valence-corrected chi connectivity index (χ4v) is 3.85. The van der Waals surface area contributed by atoms with Crippen LogP contribution in [0.4, 0.5) is 0 Å². The van der Waals surface area contributed by atoms with E-state index in [9.17, 15) is 4.79 Å². The van der Waals surface area contributed by atoms with Gasteiger partial charge in [0.15, 0.2) is 0 Å². The van der Waals surface area contributed by atoms with Gasteiger partial charge in [0.1, 0.15) is 12.2 Å². The molecule has 29 heavy (non-hydrogen) atoms. The highest BCUT2D eigenvalue weighted by atomic mass is 16.2. The van der Waals surface area contributed by atoms with E-state index in [1.54, 1.807) is 0 Å². The number of carbonyl (C=O) groups excluding carboxylic acids is 1. The summed E-state index contributed by atoms with van der Waals surface area (Å²) in [5.74, 6) is 0.0104. The lowest BCUT2D eigenvalue weighted by Gasteiger charge is -2.32. The van der Waals surface area contributed by atoms with E-state index < -0.39 is 0 Å². The molecule has 0 atom stereocenters. The third kappa shape index (κ3) is 4.83. The van der Waals surface area contributed by atoms with E-state index in [1.807, 2.05) is 41.1 Å². The zero-order valence-electron chi connectivity index (χ0n) is 17.1. The first-order valence-electron chi connectivity index (χ1n) is 10.4. The smallest absolute Gasteiger partial charge is 0.241 e. The Kier molecular flexibility index (Phi) is 6.22. The number of benzene rings is 2. The van der Waals surface area contributed by atoms with E-state index >= 15 is 0 Å². The topological polar surface area (TPSA) is 53.4 Å². The molecular formula is C23H29N5O. The molecule has 1 aliphatic heterocycles. The lowest BCUT2D eigenvalue weighted by atomic mass is 10.1. The molecule has 0 saturated carbocycles. The average Bonchev–Trinajstić information content (AvgIpc) is 3.12. The number of carbonyl (C=O) groups is 1. The Bertz CT molecular complexity index is 944. The minimum Gasteiger partial charge on any atom is -0.354 e. The van der Waals surface area contributed by atoms with Crippen LogP contribution in [0.15, 0.2) is 54.6 Å². The number of hydrogen-bond acceptors (Lipinski definition) is 4. The molecule has 152 valence electrons. The summed E-state index contributed by atoms with van der Waals surface area (Å²) in [6.07, 6.45) is 0.977. The molecule has 0 radical (unpaired) electrons. The van der Waals surface area contributed by atoms with Gasteiger partial charge in [0, 0.05) is 43.7 Å². The first-order chi connectivity index (χ1) is 14.2. The Balaban J connectivity index is 1.35. The number of nitrogens with zero attached hydrogens (tertiary/aromatic N) is 4. The number of aromatic nitrogens is 2. The molecule has 1 saturated heterocycles. The van der Waals surface area contributed by atoms with Crippen molar-refractivity contribution in [2.75, 3.05) is 46.3 Å². The van der Waals surface area contributed by atoms with Gasteiger partial charge in [-0.05, 0) is 26.1 Å². The van der Waals surface area contributed by atoms with Crippen LogP contribution >= 0.6 is 0 Å². The van der Waals surface area contributed by atoms with Crippen LogP contribution in [0, 0.1) is 0 Å². The number of piperazine rings is 1. The fourth-order valence-electron chi connectivity index (χ4n) is 3.85. The number of hydrogen-bond donors (Lipinski definition) is 1. The first-order valence-corrected chi connectivity index (χ1v) is 10.4. The average molecular weight is 392 g/mol. The summed E-state index contributed by atoms with van der Waals surface area (Å²) in [5, 5.41) is 8.88. The summed E-state index contributed by atoms with van der Waals surface area (Å²) < 4.78 is 1.81. The predicted octanol–water partition coefficient (Wildman–Crippen LogP) is 2.46. The summed E-state index contributed by atoms with van der Waals surface area (Å²) >= 11 is 0. The largest absolute Gasteiger partial charge is 0.354 e. The van der Waals surface area contributed by atoms with Crippen LogP contribution in [0.1, 0.15) is 6.42 Å². The zero-order chi connectivity index (χ0) is 20.1. The Morgan fingerprint density at radius 1 is 1.00 bits per heavy atom. The van der Waals surface area contributed by atoms with Crippen LogP contribution in [-0.2, 0) is 11.3 Å². The number of para-hydroxylation sites is 1. The number of nitrogens with one attached hydrogen (secondary N) is 1. The van der Waals surface area contributed by atoms with Gasteiger partial charge < -0.3 is 15.1 Å². The molecule has 0 spiro atoms. The molecular weight excluding hydrogens is 362 g/mol. The van der Waals surface area contributed by atoms with Crippen molar-refractivity contribution in [2.45, 2.75) is 13.0 Å². The number of amides is 1. The van der Waals surface area contributed by atoms with E-state index in [2.05, 4.69) is 40.4 Å². The SMILES string of the molecule is CN1CCN(CCCNC(=O)Cn2nc(-c3ccccc3)c3ccccc32)CC1. The number of fused-ring (bicyclic) bond motifs is 1. The molecule has 3 aromatic rings. The van der Waals surface area contributed by atoms with Crippen molar-refractivity contribution in [3.8, 4) is 11.3 Å². The fraction of sp³-hybridized carbons (Fsp3) is 0.391. The van der Waals surface area contributed by atoms with Gasteiger partial charge in [0.2, 0.25) is 5.91 Å². The standard InChI is InChI=1S/C23H29N5O/c1-26-14-16-27(17-15-26)13-7-12-24-22(29)18-28-21-11-6-5-10-20(21)23(25-28)19-8-3-2-4-9-19/h2-6,8-11H,7,12-18H2,1H3,(H,24,29). The Morgan fingerprint density at radius 2 is 1.72 bits per heavy atom. The second-order valence-corrected chi connectivity index (χ2v) is 7.74. The first kappa shape index (κ1) is 19.6. The molecule has 1 N–H and O–H groups in total. The lowest BCUT2D eigenvalue weighted by molar-refractivity contribution is -0.121. The van der Waals surface area contributed by atoms with E-state index in [1.165, 1.54) is 0 Å². The van der Waals surface area contributed by atoms with Gasteiger partial charge in [-0.25, -0.2) is 0 Å². The molecule has 6 nitrogen and oxygen atoms in total. The zero-order valence-corrected chi connectivity index (χ0v) is 17.1. The van der Waals surface area contributed by atoms with Gasteiger partial charge in [-0.2, -0.15) is 5.10 Å². The highest BCUT2D eigenvalue weighted by Crippen LogP contribution is 2.27. The van der Waals surface area contributed by atoms with Gasteiger partial charge in [0.05, 0.1) is 5.52 Å². The third-order valence-corrected chi connectivity index (χ3v) is 5.57. The summed E-state index contributed by atoms with van der Waals surface area (Å²) in [5.41, 5.74) is 2.97. The molecule has 2 aromatic carbocycles. The molecule has 4 rings (SSSR count). The van der Waals surface area contributed by atoms with Crippen molar-refractivity contribution >= 4 is 16.8 Å². The van der Waals surface area contributed by atoms with Crippen LogP contribution in [0.25, 0.3) is 22.2 Å². The maximum Gasteiger partial charge on any atom is 0.241 e. The van der Waals surface area contributed by atoms with Crippen LogP contribution < -0.4 is 5.32 Å². The third-order valence-electron chi connectivity index (χ3n) is 5.57. The van der Waals surface area contributed by atoms with E-state index in [0.717, 1.165) is 61.3 Å². The Hall–Kier alpha value is -2.70. The summed E-state index contributed by atoms with van der Waals surface area (Å²) in [6.45, 7) is 6.47. The van der Waals surface area contributed by atoms with Crippen LogP contribution in [0.2, 0.25) is 0 Å². The van der Waals surface area contributed by atoms with Crippen LogP contribution in [0.5, 0.6) is 0 Å². The molecule has 2 heterocycles. The maximum atomic E-state index is 12.5. The van der Waals surface area contributed by atoms with Crippen molar-refractivity contribution in [1.29, 1.82) is 0 Å². The van der Waals surface area contributed by atoms with E-state index in [0.29, 0.717) is 6.54 Å². The van der Waals surface area contributed by atoms with Crippen LogP contribution in [-0.4, -0.2) is 71.8 Å². The molecule has 0 aliphatic carbocycles. The predicted molar refractivity (Wildman–Crippen MR) is 117 cm³/mol. The molecule has 0 unspecified atom stereocenters. The Labute approximate surface area is 172 Å². The summed E-state index contributed by atoms with van der Waals surface area (Å²) in [7, 11) is 2.17. The second-order valence-electron chi connectivity index (χ2n) is 7.74. The van der Waals surface area contributed by atoms with Gasteiger partial charge in [0.25, 0.3) is 0 Å². The quantitative estimate of drug-likeness (QED) is 0.629. The van der Waals surface area contributed by atoms with Gasteiger partial charge in [-0.3, -0.25) is 9.48 Å². The van der Waals surface area contributed by atoms with Gasteiger partial charge >= 0.3 is 0 Å². The van der Waals surface area contributed by atoms with Crippen molar-refractivity contribution in [3.63, 3.8) is 0 Å². The molecule has 1 amide bonds. The number of rotatable bonds is 7. The van der Waals surface area contributed by atoms with Crippen molar-refractivity contribution in [3.05, 3.63) is 54.6 Å². The van der Waals surface area contributed by atoms with E-state index in [4.69, 9.17) is 5.10 Å². The minimum absolute atomic E-state index is 0.0104. The monoisotopic (exact) mass is 391 g/mol. The molecule has 1 aliphatic rings. The number of likely N-dealkylation sites (N-methyl/N-ethyl adjacent to an activating group) is 1. The van der Waals surface area contributed by atoms with Crippen molar-refractivity contribution < 1.29 is 4.79 Å². The molecule has 1 fully saturated rings. The van der Waals surface area contributed by atoms with Crippen molar-refractivity contribution in [2.24, 2.45) is 0 Å². The normalized spacial score (nSPS) is 15.6. The van der Waals surface area contributed by atoms with Gasteiger partial charge in [-0.1, -0.05) is 48.5 Å². The summed E-state index contributed by atoms with van der Waals surface area (Å²) in [4.78, 5) is 17.3. The van der Waals surface area contributed by atoms with Crippen molar-refractivity contribution in [1.82, 2.24) is 24.9 Å². The lowest BCUT2D eigenvalue weighted by Crippen LogP contribution is -2.45. The van der Waals surface area contributed by atoms with Crippen LogP contribution in [0.3, 0.4) is 0 Å². The highest BCUT2D eigenvalue weighted by Gasteiger charge is 2.15. The molecule has 1 aromatic heterocycles. The highest BCUT2D eigenvalue weighted by molar-refractivity contribution is 5.94. The summed E-state index contributed by atoms with van der Waals surface area (Å²) in [6, 6.07) is 18.2. The van der Waals surface area contributed by atoms with E-state index in [-0.39, 0.29) is 12.5 Å². The van der Waals surface area contributed by atoms with Gasteiger partial charge in [-0.15, -0.1) is 0 Å². The molecule has 0 bridgehead atoms. The maximum absolute atomic E-state index is 12.5. The second kappa shape index (κ2) is 9.20. The minimum atomic E-state index is 0.0104.